The van der Waals surface area contributed by atoms with Gasteiger partial charge in [-0.2, -0.15) is 4.98 Å². The van der Waals surface area contributed by atoms with Gasteiger partial charge in [0, 0.05) is 6.54 Å². The van der Waals surface area contributed by atoms with E-state index in [0.29, 0.717) is 18.3 Å². The zero-order chi connectivity index (χ0) is 14.4. The van der Waals surface area contributed by atoms with Crippen molar-refractivity contribution in [1.29, 1.82) is 0 Å². The molecular formula is C14H17N3O3. The van der Waals surface area contributed by atoms with Crippen LogP contribution in [0.4, 0.5) is 0 Å². The number of carbonyl (C=O) groups is 1. The zero-order valence-electron chi connectivity index (χ0n) is 11.5. The van der Waals surface area contributed by atoms with Crippen LogP contribution >= 0.6 is 0 Å². The number of benzene rings is 1. The van der Waals surface area contributed by atoms with E-state index in [-0.39, 0.29) is 12.3 Å². The summed E-state index contributed by atoms with van der Waals surface area (Å²) in [4.78, 5) is 15.6. The van der Waals surface area contributed by atoms with E-state index in [1.165, 1.54) is 0 Å². The average molecular weight is 275 g/mol. The van der Waals surface area contributed by atoms with Gasteiger partial charge in [-0.3, -0.25) is 4.79 Å². The van der Waals surface area contributed by atoms with E-state index < -0.39 is 0 Å². The van der Waals surface area contributed by atoms with Gasteiger partial charge in [-0.05, 0) is 31.0 Å². The van der Waals surface area contributed by atoms with Gasteiger partial charge in [0.15, 0.2) is 5.82 Å². The SMILES string of the molecule is COc1ccc(CCNC(=O)Cc2nc(C)no2)cc1. The predicted octanol–water partition coefficient (Wildman–Crippen LogP) is 1.29. The third kappa shape index (κ3) is 4.08. The van der Waals surface area contributed by atoms with Crippen molar-refractivity contribution in [3.05, 3.63) is 41.5 Å². The van der Waals surface area contributed by atoms with E-state index in [9.17, 15) is 4.79 Å². The van der Waals surface area contributed by atoms with Gasteiger partial charge in [0.25, 0.3) is 0 Å². The highest BCUT2D eigenvalue weighted by atomic mass is 16.5. The topological polar surface area (TPSA) is 77.2 Å². The van der Waals surface area contributed by atoms with Crippen LogP contribution in [0.25, 0.3) is 0 Å². The van der Waals surface area contributed by atoms with Crippen LogP contribution in [0.1, 0.15) is 17.3 Å². The van der Waals surface area contributed by atoms with Gasteiger partial charge >= 0.3 is 0 Å². The largest absolute Gasteiger partial charge is 0.497 e. The van der Waals surface area contributed by atoms with Gasteiger partial charge in [0.2, 0.25) is 11.8 Å². The number of hydrogen-bond donors (Lipinski definition) is 1. The van der Waals surface area contributed by atoms with E-state index in [1.54, 1.807) is 14.0 Å². The highest BCUT2D eigenvalue weighted by molar-refractivity contribution is 5.77. The summed E-state index contributed by atoms with van der Waals surface area (Å²) in [7, 11) is 1.63. The summed E-state index contributed by atoms with van der Waals surface area (Å²) < 4.78 is 9.98. The van der Waals surface area contributed by atoms with Crippen LogP contribution in [-0.4, -0.2) is 29.7 Å². The fourth-order valence-corrected chi connectivity index (χ4v) is 1.75. The Morgan fingerprint density at radius 3 is 2.70 bits per heavy atom. The summed E-state index contributed by atoms with van der Waals surface area (Å²) in [5.74, 6) is 1.57. The molecule has 0 atom stereocenters. The predicted molar refractivity (Wildman–Crippen MR) is 72.4 cm³/mol. The highest BCUT2D eigenvalue weighted by Gasteiger charge is 2.08. The summed E-state index contributed by atoms with van der Waals surface area (Å²) in [6.45, 7) is 2.28. The van der Waals surface area contributed by atoms with E-state index >= 15 is 0 Å². The van der Waals surface area contributed by atoms with E-state index in [2.05, 4.69) is 15.5 Å². The molecule has 106 valence electrons. The van der Waals surface area contributed by atoms with Crippen molar-refractivity contribution >= 4 is 5.91 Å². The molecule has 0 radical (unpaired) electrons. The molecule has 6 heteroatoms. The van der Waals surface area contributed by atoms with Gasteiger partial charge < -0.3 is 14.6 Å². The smallest absolute Gasteiger partial charge is 0.236 e. The fourth-order valence-electron chi connectivity index (χ4n) is 1.75. The normalized spacial score (nSPS) is 10.3. The number of nitrogens with one attached hydrogen (secondary N) is 1. The van der Waals surface area contributed by atoms with Crippen LogP contribution in [0.15, 0.2) is 28.8 Å². The first-order valence-electron chi connectivity index (χ1n) is 6.36. The molecule has 0 spiro atoms. The number of carbonyl (C=O) groups excluding carboxylic acids is 1. The first kappa shape index (κ1) is 14.0. The number of ether oxygens (including phenoxy) is 1. The molecule has 1 amide bonds. The second-order valence-electron chi connectivity index (χ2n) is 4.36. The van der Waals surface area contributed by atoms with E-state index in [1.807, 2.05) is 24.3 Å². The number of aryl methyl sites for hydroxylation is 1. The van der Waals surface area contributed by atoms with Crippen LogP contribution < -0.4 is 10.1 Å². The zero-order valence-corrected chi connectivity index (χ0v) is 11.5. The Bertz CT molecular complexity index is 563. The fraction of sp³-hybridized carbons (Fsp3) is 0.357. The molecule has 0 aliphatic rings. The molecule has 0 saturated carbocycles. The quantitative estimate of drug-likeness (QED) is 0.859. The van der Waals surface area contributed by atoms with Crippen LogP contribution in [0.5, 0.6) is 5.75 Å². The molecule has 1 aromatic heterocycles. The maximum Gasteiger partial charge on any atom is 0.236 e. The molecule has 0 bridgehead atoms. The van der Waals surface area contributed by atoms with Gasteiger partial charge in [0.05, 0.1) is 7.11 Å². The maximum atomic E-state index is 11.7. The lowest BCUT2D eigenvalue weighted by molar-refractivity contribution is -0.120. The Morgan fingerprint density at radius 2 is 2.10 bits per heavy atom. The van der Waals surface area contributed by atoms with Gasteiger partial charge in [-0.25, -0.2) is 0 Å². The van der Waals surface area contributed by atoms with Crippen molar-refractivity contribution in [3.8, 4) is 5.75 Å². The van der Waals surface area contributed by atoms with Crippen LogP contribution in [0.2, 0.25) is 0 Å². The summed E-state index contributed by atoms with van der Waals surface area (Å²) in [6, 6.07) is 7.76. The second kappa shape index (κ2) is 6.70. The Hall–Kier alpha value is -2.37. The number of nitrogens with zero attached hydrogens (tertiary/aromatic N) is 2. The first-order valence-corrected chi connectivity index (χ1v) is 6.36. The van der Waals surface area contributed by atoms with Crippen molar-refractivity contribution in [2.75, 3.05) is 13.7 Å². The summed E-state index contributed by atoms with van der Waals surface area (Å²) in [5, 5.41) is 6.46. The monoisotopic (exact) mass is 275 g/mol. The van der Waals surface area contributed by atoms with E-state index in [0.717, 1.165) is 17.7 Å². The Labute approximate surface area is 117 Å². The number of amides is 1. The second-order valence-corrected chi connectivity index (χ2v) is 4.36. The van der Waals surface area contributed by atoms with Gasteiger partial charge in [-0.15, -0.1) is 0 Å². The third-order valence-corrected chi connectivity index (χ3v) is 2.78. The molecule has 0 aliphatic heterocycles. The minimum Gasteiger partial charge on any atom is -0.497 e. The van der Waals surface area contributed by atoms with E-state index in [4.69, 9.17) is 9.26 Å². The molecule has 6 nitrogen and oxygen atoms in total. The van der Waals surface area contributed by atoms with Crippen LogP contribution in [0, 0.1) is 6.92 Å². The van der Waals surface area contributed by atoms with Crippen LogP contribution in [0.3, 0.4) is 0 Å². The first-order chi connectivity index (χ1) is 9.67. The molecule has 1 aromatic carbocycles. The number of aromatic nitrogens is 2. The number of methoxy groups -OCH3 is 1. The standard InChI is InChI=1S/C14H17N3O3/c1-10-16-14(20-17-10)9-13(18)15-8-7-11-3-5-12(19-2)6-4-11/h3-6H,7-9H2,1-2H3,(H,15,18). The summed E-state index contributed by atoms with van der Waals surface area (Å²) in [6.07, 6.45) is 0.877. The molecule has 0 aliphatic carbocycles. The molecule has 0 fully saturated rings. The van der Waals surface area contributed by atoms with Crippen LogP contribution in [-0.2, 0) is 17.6 Å². The molecule has 20 heavy (non-hydrogen) atoms. The lowest BCUT2D eigenvalue weighted by Gasteiger charge is -2.05. The number of rotatable bonds is 6. The van der Waals surface area contributed by atoms with Crippen molar-refractivity contribution < 1.29 is 14.1 Å². The van der Waals surface area contributed by atoms with Crippen molar-refractivity contribution in [2.45, 2.75) is 19.8 Å². The molecule has 0 saturated heterocycles. The van der Waals surface area contributed by atoms with Crippen molar-refractivity contribution in [2.24, 2.45) is 0 Å². The maximum absolute atomic E-state index is 11.7. The molecule has 1 heterocycles. The van der Waals surface area contributed by atoms with Crippen molar-refractivity contribution in [3.63, 3.8) is 0 Å². The molecule has 0 unspecified atom stereocenters. The molecule has 1 N–H and O–H groups in total. The van der Waals surface area contributed by atoms with Gasteiger partial charge in [-0.1, -0.05) is 17.3 Å². The minimum atomic E-state index is -0.123. The number of hydrogen-bond acceptors (Lipinski definition) is 5. The van der Waals surface area contributed by atoms with Crippen molar-refractivity contribution in [1.82, 2.24) is 15.5 Å². The summed E-state index contributed by atoms with van der Waals surface area (Å²) in [5.41, 5.74) is 1.14. The van der Waals surface area contributed by atoms with Gasteiger partial charge in [0.1, 0.15) is 12.2 Å². The molecule has 2 aromatic rings. The molecule has 2 rings (SSSR count). The molecular weight excluding hydrogens is 258 g/mol. The summed E-state index contributed by atoms with van der Waals surface area (Å²) >= 11 is 0. The lowest BCUT2D eigenvalue weighted by Crippen LogP contribution is -2.27. The third-order valence-electron chi connectivity index (χ3n) is 2.78. The Balaban J connectivity index is 1.73. The Kier molecular flexibility index (Phi) is 4.70. The Morgan fingerprint density at radius 1 is 1.35 bits per heavy atom. The highest BCUT2D eigenvalue weighted by Crippen LogP contribution is 2.11. The minimum absolute atomic E-state index is 0.115. The lowest BCUT2D eigenvalue weighted by atomic mass is 10.1. The average Bonchev–Trinajstić information content (AvgIpc) is 2.85.